The Bertz CT molecular complexity index is 2340. The van der Waals surface area contributed by atoms with Crippen molar-refractivity contribution in [1.29, 1.82) is 0 Å². The van der Waals surface area contributed by atoms with Crippen molar-refractivity contribution < 1.29 is 28.3 Å². The highest BCUT2D eigenvalue weighted by Gasteiger charge is 2.45. The maximum atomic E-state index is 16.3. The van der Waals surface area contributed by atoms with Crippen LogP contribution in [-0.4, -0.2) is 136 Å². The lowest BCUT2D eigenvalue weighted by molar-refractivity contribution is -0.136. The number of carbonyl (C=O) groups is 4. The third-order valence-electron chi connectivity index (χ3n) is 13.7. The van der Waals surface area contributed by atoms with Crippen molar-refractivity contribution in [2.45, 2.75) is 75.6 Å². The van der Waals surface area contributed by atoms with E-state index < -0.39 is 35.3 Å². The van der Waals surface area contributed by atoms with E-state index in [0.29, 0.717) is 51.5 Å². The van der Waals surface area contributed by atoms with Crippen LogP contribution in [-0.2, 0) is 9.59 Å². The maximum absolute atomic E-state index is 16.3. The van der Waals surface area contributed by atoms with Crippen LogP contribution < -0.4 is 19.9 Å². The fourth-order valence-electron chi connectivity index (χ4n) is 9.80. The van der Waals surface area contributed by atoms with E-state index in [1.165, 1.54) is 0 Å². The highest BCUT2D eigenvalue weighted by Crippen LogP contribution is 2.41. The summed E-state index contributed by atoms with van der Waals surface area (Å²) in [6, 6.07) is 14.5. The summed E-state index contributed by atoms with van der Waals surface area (Å²) in [5, 5.41) is 11.1. The number of hydrogen-bond donors (Lipinski definition) is 2. The van der Waals surface area contributed by atoms with Crippen molar-refractivity contribution >= 4 is 46.0 Å². The van der Waals surface area contributed by atoms with E-state index in [4.69, 9.17) is 9.72 Å². The Hall–Kier alpha value is -5.41. The molecule has 7 heterocycles. The Morgan fingerprint density at radius 2 is 1.57 bits per heavy atom. The normalized spacial score (nSPS) is 23.6. The molecule has 5 aliphatic heterocycles. The van der Waals surface area contributed by atoms with Gasteiger partial charge < -0.3 is 19.4 Å². The number of piperidine rings is 3. The van der Waals surface area contributed by atoms with Crippen LogP contribution in [0.4, 0.5) is 15.9 Å². The van der Waals surface area contributed by atoms with Gasteiger partial charge in [0.15, 0.2) is 0 Å². The molecule has 0 spiro atoms. The van der Waals surface area contributed by atoms with Crippen LogP contribution >= 0.6 is 0 Å². The Kier molecular flexibility index (Phi) is 9.85. The molecule has 2 N–H and O–H groups in total. The zero-order valence-electron chi connectivity index (χ0n) is 34.1. The molecule has 4 aromatic rings. The van der Waals surface area contributed by atoms with Gasteiger partial charge in [-0.3, -0.25) is 39.4 Å². The van der Waals surface area contributed by atoms with Crippen LogP contribution in [0.25, 0.3) is 22.2 Å². The maximum Gasteiger partial charge on any atom is 0.262 e. The van der Waals surface area contributed by atoms with Crippen LogP contribution in [0.5, 0.6) is 5.75 Å². The number of pyridine rings is 1. The summed E-state index contributed by atoms with van der Waals surface area (Å²) in [6.07, 6.45) is 7.46. The second-order valence-corrected chi connectivity index (χ2v) is 18.1. The molecule has 0 bridgehead atoms. The van der Waals surface area contributed by atoms with Gasteiger partial charge in [-0.05, 0) is 106 Å². The van der Waals surface area contributed by atoms with Gasteiger partial charge in [-0.25, -0.2) is 9.37 Å². The third kappa shape index (κ3) is 7.61. The lowest BCUT2D eigenvalue weighted by Crippen LogP contribution is -2.54. The molecule has 1 saturated carbocycles. The number of benzene rings is 2. The lowest BCUT2D eigenvalue weighted by Gasteiger charge is -2.43. The van der Waals surface area contributed by atoms with E-state index in [1.54, 1.807) is 12.1 Å². The molecule has 2 aromatic carbocycles. The number of rotatable bonds is 10. The molecule has 1 atom stereocenters. The smallest absolute Gasteiger partial charge is 0.262 e. The number of likely N-dealkylation sites (tertiary alicyclic amines) is 1. The minimum absolute atomic E-state index is 0.0444. The number of amides is 4. The van der Waals surface area contributed by atoms with Gasteiger partial charge in [-0.1, -0.05) is 0 Å². The van der Waals surface area contributed by atoms with E-state index in [9.17, 15) is 19.2 Å². The fraction of sp³-hybridized carbons (Fsp3) is 0.511. The van der Waals surface area contributed by atoms with Crippen LogP contribution in [0, 0.1) is 5.92 Å². The number of alkyl halides is 1. The first-order valence-electron chi connectivity index (χ1n) is 21.6. The molecule has 314 valence electrons. The van der Waals surface area contributed by atoms with Gasteiger partial charge in [-0.15, -0.1) is 0 Å². The predicted molar refractivity (Wildman–Crippen MR) is 224 cm³/mol. The number of ether oxygens (including phenoxy) is 1. The van der Waals surface area contributed by atoms with E-state index >= 15 is 4.39 Å². The molecule has 2 aromatic heterocycles. The highest BCUT2D eigenvalue weighted by molar-refractivity contribution is 6.23. The summed E-state index contributed by atoms with van der Waals surface area (Å²) in [6.45, 7) is 9.72. The monoisotopic (exact) mass is 817 g/mol. The number of aromatic amines is 1. The van der Waals surface area contributed by atoms with Crippen LogP contribution in [0.3, 0.4) is 0 Å². The molecule has 1 aliphatic carbocycles. The van der Waals surface area contributed by atoms with Gasteiger partial charge in [-0.2, -0.15) is 5.10 Å². The first-order chi connectivity index (χ1) is 29.0. The van der Waals surface area contributed by atoms with Gasteiger partial charge in [0.25, 0.3) is 11.8 Å². The van der Waals surface area contributed by atoms with Crippen molar-refractivity contribution in [3.05, 3.63) is 65.9 Å². The lowest BCUT2D eigenvalue weighted by atomic mass is 9.90. The van der Waals surface area contributed by atoms with Gasteiger partial charge in [0.05, 0.1) is 16.6 Å². The molecular weight excluding hydrogens is 766 g/mol. The highest BCUT2D eigenvalue weighted by atomic mass is 19.1. The summed E-state index contributed by atoms with van der Waals surface area (Å²) in [4.78, 5) is 65.5. The summed E-state index contributed by atoms with van der Waals surface area (Å²) in [5.41, 5.74) is 3.02. The second kappa shape index (κ2) is 15.2. The van der Waals surface area contributed by atoms with Crippen molar-refractivity contribution in [3.63, 3.8) is 0 Å². The van der Waals surface area contributed by atoms with Crippen molar-refractivity contribution in [2.75, 3.05) is 75.2 Å². The summed E-state index contributed by atoms with van der Waals surface area (Å²) >= 11 is 0. The van der Waals surface area contributed by atoms with Crippen molar-refractivity contribution in [2.24, 2.45) is 5.92 Å². The number of nitrogens with zero attached hydrogens (tertiary/aromatic N) is 7. The number of aromatic nitrogens is 3. The van der Waals surface area contributed by atoms with Crippen LogP contribution in [0.15, 0.2) is 54.7 Å². The number of fused-ring (bicyclic) bond motifs is 2. The summed E-state index contributed by atoms with van der Waals surface area (Å²) < 4.78 is 22.6. The van der Waals surface area contributed by atoms with Gasteiger partial charge in [0, 0.05) is 94.7 Å². The molecule has 60 heavy (non-hydrogen) atoms. The zero-order valence-corrected chi connectivity index (χ0v) is 34.1. The Labute approximate surface area is 348 Å². The quantitative estimate of drug-likeness (QED) is 0.213. The first kappa shape index (κ1) is 38.8. The van der Waals surface area contributed by atoms with E-state index in [-0.39, 0.29) is 29.6 Å². The molecule has 5 fully saturated rings. The molecule has 6 aliphatic rings. The van der Waals surface area contributed by atoms with Crippen molar-refractivity contribution in [1.82, 2.24) is 35.2 Å². The van der Waals surface area contributed by atoms with Crippen LogP contribution in [0.2, 0.25) is 0 Å². The molecular formula is C45H52FN9O5. The Balaban J connectivity index is 0.678. The second-order valence-electron chi connectivity index (χ2n) is 18.1. The summed E-state index contributed by atoms with van der Waals surface area (Å²) in [7, 11) is 0. The molecule has 10 rings (SSSR count). The number of carbonyl (C=O) groups excluding carboxylic acids is 4. The molecule has 4 saturated heterocycles. The third-order valence-corrected chi connectivity index (χ3v) is 13.7. The number of hydrogen-bond acceptors (Lipinski definition) is 11. The largest absolute Gasteiger partial charge is 0.488 e. The number of nitrogens with one attached hydrogen (secondary N) is 2. The van der Waals surface area contributed by atoms with Crippen LogP contribution in [0.1, 0.15) is 79.0 Å². The minimum Gasteiger partial charge on any atom is -0.488 e. The average Bonchev–Trinajstić information content (AvgIpc) is 3.73. The number of anilines is 2. The molecule has 15 heteroatoms. The molecule has 0 radical (unpaired) electrons. The topological polar surface area (TPSA) is 147 Å². The van der Waals surface area contributed by atoms with E-state index in [2.05, 4.69) is 54.2 Å². The predicted octanol–water partition coefficient (Wildman–Crippen LogP) is 4.80. The molecule has 14 nitrogen and oxygen atoms in total. The summed E-state index contributed by atoms with van der Waals surface area (Å²) in [5.74, 6) is 0.374. The van der Waals surface area contributed by atoms with Crippen molar-refractivity contribution in [3.8, 4) is 17.0 Å². The SMILES string of the molecule is CC1(Oc2ccc3[nH]nc(-c4ccnc(N5CCC(CN6CCC(F)(CN7CCN(c8ccc9c(c8)C(=O)N(C8CCC(=O)NC8=O)C9=O)CC7)CC6)CC5)c4)c3c2)CC1. The fourth-order valence-corrected chi connectivity index (χ4v) is 9.80. The minimum atomic E-state index is -1.22. The van der Waals surface area contributed by atoms with Gasteiger partial charge in [0.2, 0.25) is 11.8 Å². The Morgan fingerprint density at radius 1 is 0.800 bits per heavy atom. The van der Waals surface area contributed by atoms with Gasteiger partial charge >= 0.3 is 0 Å². The first-order valence-corrected chi connectivity index (χ1v) is 21.6. The average molecular weight is 818 g/mol. The number of piperazine rings is 1. The molecule has 1 unspecified atom stereocenters. The van der Waals surface area contributed by atoms with E-state index in [1.807, 2.05) is 30.5 Å². The number of imide groups is 2. The van der Waals surface area contributed by atoms with E-state index in [0.717, 1.165) is 103 Å². The molecule has 4 amide bonds. The van der Waals surface area contributed by atoms with Gasteiger partial charge in [0.1, 0.15) is 34.6 Å². The Morgan fingerprint density at radius 3 is 2.32 bits per heavy atom. The standard InChI is InChI=1S/C45H52FN9O5/c1-44(11-12-44)60-32-3-5-36-35(26-32)40(50-49-36)30-8-15-47-38(24-30)54-16-9-29(10-17-54)27-51-18-13-45(46,14-19-51)28-52-20-22-53(23-21-52)31-2-4-33-34(25-31)43(59)55(42(33)58)37-6-7-39(56)48-41(37)57/h2-5,8,15,24-26,29,37H,6-7,9-14,16-23,27-28H2,1H3,(H,49,50)(H,48,56,57). The number of H-pyrrole nitrogens is 1. The zero-order chi connectivity index (χ0) is 41.2. The number of halogens is 1.